The molecular weight excluding hydrogens is 206 g/mol. The van der Waals surface area contributed by atoms with E-state index in [-0.39, 0.29) is 0 Å². The molecule has 0 aromatic heterocycles. The molecule has 1 atom stereocenters. The molecule has 1 aliphatic heterocycles. The first-order valence-corrected chi connectivity index (χ1v) is 7.19. The SMILES string of the molecule is CSC1(CN2CCC(=O)CC2C)CCC1. The van der Waals surface area contributed by atoms with Crippen LogP contribution in [0.5, 0.6) is 0 Å². The average Bonchev–Trinajstić information content (AvgIpc) is 2.14. The van der Waals surface area contributed by atoms with Crippen LogP contribution in [0.25, 0.3) is 0 Å². The van der Waals surface area contributed by atoms with E-state index in [1.54, 1.807) is 0 Å². The van der Waals surface area contributed by atoms with Crippen LogP contribution in [0.2, 0.25) is 0 Å². The second kappa shape index (κ2) is 4.46. The number of carbonyl (C=O) groups is 1. The lowest BCUT2D eigenvalue weighted by atomic mass is 9.83. The summed E-state index contributed by atoms with van der Waals surface area (Å²) in [4.78, 5) is 13.8. The van der Waals surface area contributed by atoms with Gasteiger partial charge in [-0.2, -0.15) is 11.8 Å². The van der Waals surface area contributed by atoms with Crippen molar-refractivity contribution in [1.82, 2.24) is 4.90 Å². The fourth-order valence-electron chi connectivity index (χ4n) is 2.65. The topological polar surface area (TPSA) is 20.3 Å². The molecule has 86 valence electrons. The molecule has 2 rings (SSSR count). The Hall–Kier alpha value is -0.0200. The van der Waals surface area contributed by atoms with Gasteiger partial charge in [0.15, 0.2) is 0 Å². The van der Waals surface area contributed by atoms with E-state index >= 15 is 0 Å². The summed E-state index contributed by atoms with van der Waals surface area (Å²) in [7, 11) is 0. The lowest BCUT2D eigenvalue weighted by molar-refractivity contribution is -0.123. The maximum absolute atomic E-state index is 11.3. The number of hydrogen-bond acceptors (Lipinski definition) is 3. The minimum Gasteiger partial charge on any atom is -0.300 e. The summed E-state index contributed by atoms with van der Waals surface area (Å²) in [6.45, 7) is 4.38. The van der Waals surface area contributed by atoms with Gasteiger partial charge in [0, 0.05) is 36.7 Å². The molecule has 0 bridgehead atoms. The van der Waals surface area contributed by atoms with Crippen LogP contribution >= 0.6 is 11.8 Å². The summed E-state index contributed by atoms with van der Waals surface area (Å²) in [6, 6.07) is 0.468. The summed E-state index contributed by atoms with van der Waals surface area (Å²) < 4.78 is 0.522. The Balaban J connectivity index is 1.91. The summed E-state index contributed by atoms with van der Waals surface area (Å²) in [6.07, 6.45) is 7.90. The third-order valence-corrected chi connectivity index (χ3v) is 5.42. The summed E-state index contributed by atoms with van der Waals surface area (Å²) in [5.41, 5.74) is 0. The van der Waals surface area contributed by atoms with Gasteiger partial charge >= 0.3 is 0 Å². The van der Waals surface area contributed by atoms with Crippen LogP contribution in [0.1, 0.15) is 39.0 Å². The molecule has 0 radical (unpaired) electrons. The lowest BCUT2D eigenvalue weighted by Gasteiger charge is -2.46. The van der Waals surface area contributed by atoms with E-state index in [9.17, 15) is 4.79 Å². The molecule has 15 heavy (non-hydrogen) atoms. The van der Waals surface area contributed by atoms with E-state index in [4.69, 9.17) is 0 Å². The highest BCUT2D eigenvalue weighted by molar-refractivity contribution is 8.00. The zero-order chi connectivity index (χ0) is 10.9. The maximum atomic E-state index is 11.3. The Kier molecular flexibility index (Phi) is 3.41. The van der Waals surface area contributed by atoms with Crippen LogP contribution in [0, 0.1) is 0 Å². The van der Waals surface area contributed by atoms with Crippen LogP contribution in [0.4, 0.5) is 0 Å². The number of carbonyl (C=O) groups excluding carboxylic acids is 1. The molecule has 0 aromatic rings. The molecule has 2 fully saturated rings. The van der Waals surface area contributed by atoms with Crippen molar-refractivity contribution >= 4 is 17.5 Å². The van der Waals surface area contributed by atoms with Gasteiger partial charge in [-0.1, -0.05) is 6.42 Å². The summed E-state index contributed by atoms with van der Waals surface area (Å²) in [5.74, 6) is 0.450. The summed E-state index contributed by atoms with van der Waals surface area (Å²) in [5, 5.41) is 0. The maximum Gasteiger partial charge on any atom is 0.135 e. The minimum absolute atomic E-state index is 0.450. The fourth-order valence-corrected chi connectivity index (χ4v) is 3.64. The van der Waals surface area contributed by atoms with Gasteiger partial charge in [-0.3, -0.25) is 9.69 Å². The Labute approximate surface area is 96.8 Å². The third kappa shape index (κ3) is 2.39. The monoisotopic (exact) mass is 227 g/mol. The number of likely N-dealkylation sites (tertiary alicyclic amines) is 1. The van der Waals surface area contributed by atoms with E-state index in [0.29, 0.717) is 16.6 Å². The smallest absolute Gasteiger partial charge is 0.135 e. The van der Waals surface area contributed by atoms with E-state index in [0.717, 1.165) is 19.4 Å². The zero-order valence-electron chi connectivity index (χ0n) is 9.79. The average molecular weight is 227 g/mol. The Morgan fingerprint density at radius 3 is 2.73 bits per heavy atom. The summed E-state index contributed by atoms with van der Waals surface area (Å²) >= 11 is 2.03. The second-order valence-corrected chi connectivity index (χ2v) is 6.33. The molecule has 2 nitrogen and oxygen atoms in total. The molecule has 0 amide bonds. The molecule has 1 saturated heterocycles. The van der Waals surface area contributed by atoms with E-state index < -0.39 is 0 Å². The molecule has 2 aliphatic rings. The Morgan fingerprint density at radius 2 is 2.27 bits per heavy atom. The third-order valence-electron chi connectivity index (χ3n) is 4.01. The van der Waals surface area contributed by atoms with E-state index in [1.165, 1.54) is 25.8 Å². The molecule has 1 heterocycles. The second-order valence-electron chi connectivity index (χ2n) is 5.05. The number of nitrogens with zero attached hydrogens (tertiary/aromatic N) is 1. The molecule has 0 aromatic carbocycles. The van der Waals surface area contributed by atoms with Crippen molar-refractivity contribution in [2.75, 3.05) is 19.3 Å². The van der Waals surface area contributed by atoms with Crippen molar-refractivity contribution in [2.24, 2.45) is 0 Å². The van der Waals surface area contributed by atoms with Crippen LogP contribution < -0.4 is 0 Å². The van der Waals surface area contributed by atoms with Gasteiger partial charge in [-0.15, -0.1) is 0 Å². The van der Waals surface area contributed by atoms with Crippen LogP contribution in [0.15, 0.2) is 0 Å². The van der Waals surface area contributed by atoms with Gasteiger partial charge in [0.25, 0.3) is 0 Å². The molecule has 1 aliphatic carbocycles. The normalized spacial score (nSPS) is 31.3. The number of piperidine rings is 1. The number of Topliss-reactive ketones (excluding diaryl/α,β-unsaturated/α-hetero) is 1. The van der Waals surface area contributed by atoms with E-state index in [2.05, 4.69) is 18.1 Å². The van der Waals surface area contributed by atoms with Gasteiger partial charge in [-0.05, 0) is 26.0 Å². The van der Waals surface area contributed by atoms with Crippen molar-refractivity contribution in [3.05, 3.63) is 0 Å². The Morgan fingerprint density at radius 1 is 1.53 bits per heavy atom. The first-order chi connectivity index (χ1) is 7.15. The molecule has 3 heteroatoms. The first-order valence-electron chi connectivity index (χ1n) is 5.96. The van der Waals surface area contributed by atoms with Crippen LogP contribution in [-0.4, -0.2) is 40.8 Å². The van der Waals surface area contributed by atoms with Gasteiger partial charge in [-0.25, -0.2) is 0 Å². The van der Waals surface area contributed by atoms with Crippen molar-refractivity contribution in [3.63, 3.8) is 0 Å². The van der Waals surface area contributed by atoms with Gasteiger partial charge in [0.2, 0.25) is 0 Å². The predicted octanol–water partition coefficient (Wildman–Crippen LogP) is 2.33. The Bertz CT molecular complexity index is 244. The number of ketones is 1. The fraction of sp³-hybridized carbons (Fsp3) is 0.917. The van der Waals surface area contributed by atoms with Gasteiger partial charge < -0.3 is 0 Å². The number of thioether (sulfide) groups is 1. The van der Waals surface area contributed by atoms with Gasteiger partial charge in [0.05, 0.1) is 0 Å². The highest BCUT2D eigenvalue weighted by Gasteiger charge is 2.39. The van der Waals surface area contributed by atoms with Crippen molar-refractivity contribution in [2.45, 2.75) is 49.8 Å². The highest BCUT2D eigenvalue weighted by Crippen LogP contribution is 2.43. The largest absolute Gasteiger partial charge is 0.300 e. The number of hydrogen-bond donors (Lipinski definition) is 0. The first kappa shape index (κ1) is 11.5. The predicted molar refractivity (Wildman–Crippen MR) is 65.4 cm³/mol. The van der Waals surface area contributed by atoms with E-state index in [1.807, 2.05) is 11.8 Å². The van der Waals surface area contributed by atoms with Gasteiger partial charge in [0.1, 0.15) is 5.78 Å². The van der Waals surface area contributed by atoms with Crippen molar-refractivity contribution in [1.29, 1.82) is 0 Å². The molecule has 1 saturated carbocycles. The highest BCUT2D eigenvalue weighted by atomic mass is 32.2. The quantitative estimate of drug-likeness (QED) is 0.738. The standard InChI is InChI=1S/C12H21NOS/c1-10-8-11(14)4-7-13(10)9-12(15-2)5-3-6-12/h10H,3-9H2,1-2H3. The molecule has 0 N–H and O–H groups in total. The molecule has 0 spiro atoms. The van der Waals surface area contributed by atoms with Crippen LogP contribution in [-0.2, 0) is 4.79 Å². The van der Waals surface area contributed by atoms with Crippen molar-refractivity contribution < 1.29 is 4.79 Å². The van der Waals surface area contributed by atoms with Crippen LogP contribution in [0.3, 0.4) is 0 Å². The number of rotatable bonds is 3. The lowest BCUT2D eigenvalue weighted by Crippen LogP contribution is -2.51. The minimum atomic E-state index is 0.450. The zero-order valence-corrected chi connectivity index (χ0v) is 10.6. The molecule has 1 unspecified atom stereocenters. The molecular formula is C12H21NOS. The van der Waals surface area contributed by atoms with Crippen molar-refractivity contribution in [3.8, 4) is 0 Å².